The van der Waals surface area contributed by atoms with Gasteiger partial charge in [0.15, 0.2) is 0 Å². The van der Waals surface area contributed by atoms with E-state index in [1.165, 1.54) is 29.2 Å². The molecule has 2 aromatic carbocycles. The number of amides is 2. The zero-order valence-corrected chi connectivity index (χ0v) is 19.0. The van der Waals surface area contributed by atoms with E-state index in [4.69, 9.17) is 23.2 Å². The van der Waals surface area contributed by atoms with E-state index < -0.39 is 34.7 Å². The third-order valence-electron chi connectivity index (χ3n) is 5.32. The van der Waals surface area contributed by atoms with Crippen LogP contribution < -0.4 is 5.32 Å². The number of aryl methyl sites for hydroxylation is 1. The summed E-state index contributed by atoms with van der Waals surface area (Å²) >= 11 is 12.6. The molecule has 0 bridgehead atoms. The van der Waals surface area contributed by atoms with E-state index in [9.17, 15) is 23.4 Å². The molecule has 0 saturated heterocycles. The van der Waals surface area contributed by atoms with E-state index in [1.807, 2.05) is 0 Å². The summed E-state index contributed by atoms with van der Waals surface area (Å²) in [5, 5.41) is 12.3. The molecule has 168 valence electrons. The van der Waals surface area contributed by atoms with Gasteiger partial charge in [0.1, 0.15) is 11.6 Å². The highest BCUT2D eigenvalue weighted by Gasteiger charge is 2.42. The minimum atomic E-state index is -2.26. The number of hydrogen-bond acceptors (Lipinski definition) is 3. The van der Waals surface area contributed by atoms with Crippen molar-refractivity contribution in [2.45, 2.75) is 24.5 Å². The van der Waals surface area contributed by atoms with Gasteiger partial charge in [-0.2, -0.15) is 0 Å². The summed E-state index contributed by atoms with van der Waals surface area (Å²) in [6, 6.07) is 7.44. The first-order valence-corrected chi connectivity index (χ1v) is 10.7. The molecule has 1 aliphatic rings. The number of alkyl halides is 2. The Bertz CT molecular complexity index is 1090. The molecule has 0 fully saturated rings. The van der Waals surface area contributed by atoms with Crippen LogP contribution in [0.15, 0.2) is 47.9 Å². The van der Waals surface area contributed by atoms with Gasteiger partial charge in [-0.3, -0.25) is 9.59 Å². The molecular formula is C22H21BCl2F2N2O3. The molecule has 2 N–H and O–H groups in total. The van der Waals surface area contributed by atoms with Gasteiger partial charge < -0.3 is 15.2 Å². The number of carbonyl (C=O) groups excluding carboxylic acids is 2. The van der Waals surface area contributed by atoms with Crippen molar-refractivity contribution in [2.75, 3.05) is 18.4 Å². The average Bonchev–Trinajstić information content (AvgIpc) is 2.76. The molecular weight excluding hydrogens is 460 g/mol. The Labute approximate surface area is 195 Å². The number of nitrogens with one attached hydrogen (secondary N) is 1. The third-order valence-corrected chi connectivity index (χ3v) is 6.05. The van der Waals surface area contributed by atoms with Gasteiger partial charge in [-0.1, -0.05) is 41.6 Å². The Kier molecular flexibility index (Phi) is 7.27. The van der Waals surface area contributed by atoms with Gasteiger partial charge in [0.2, 0.25) is 4.33 Å². The van der Waals surface area contributed by atoms with Crippen molar-refractivity contribution >= 4 is 47.6 Å². The molecule has 32 heavy (non-hydrogen) atoms. The second-order valence-corrected chi connectivity index (χ2v) is 8.97. The zero-order valence-electron chi connectivity index (χ0n) is 17.5. The first-order valence-electron chi connectivity index (χ1n) is 9.92. The molecule has 3 rings (SSSR count). The van der Waals surface area contributed by atoms with Crippen molar-refractivity contribution in [3.63, 3.8) is 0 Å². The van der Waals surface area contributed by atoms with Crippen LogP contribution in [0, 0.1) is 18.6 Å². The van der Waals surface area contributed by atoms with Gasteiger partial charge in [-0.05, 0) is 55.3 Å². The molecule has 0 unspecified atom stereocenters. The number of nitrogens with zero attached hydrogens (tertiary/aromatic N) is 1. The van der Waals surface area contributed by atoms with Crippen LogP contribution in [0.5, 0.6) is 0 Å². The van der Waals surface area contributed by atoms with Crippen molar-refractivity contribution in [3.05, 3.63) is 76.3 Å². The maximum Gasteiger partial charge on any atom is 0.315 e. The van der Waals surface area contributed by atoms with Crippen molar-refractivity contribution in [2.24, 2.45) is 0 Å². The smallest absolute Gasteiger partial charge is 0.315 e. The molecule has 0 atom stereocenters. The van der Waals surface area contributed by atoms with Crippen LogP contribution in [0.25, 0.3) is 0 Å². The highest BCUT2D eigenvalue weighted by Crippen LogP contribution is 2.38. The zero-order chi connectivity index (χ0) is 23.6. The number of rotatable bonds is 5. The first kappa shape index (κ1) is 24.2. The quantitative estimate of drug-likeness (QED) is 0.490. The monoisotopic (exact) mass is 480 g/mol. The van der Waals surface area contributed by atoms with E-state index in [1.54, 1.807) is 19.8 Å². The third kappa shape index (κ3) is 5.14. The molecule has 2 aromatic rings. The summed E-state index contributed by atoms with van der Waals surface area (Å²) in [7, 11) is 0. The Morgan fingerprint density at radius 3 is 2.44 bits per heavy atom. The Morgan fingerprint density at radius 2 is 1.84 bits per heavy atom. The predicted octanol–water partition coefficient (Wildman–Crippen LogP) is 4.47. The van der Waals surface area contributed by atoms with Gasteiger partial charge in [-0.25, -0.2) is 8.78 Å². The maximum absolute atomic E-state index is 14.6. The second-order valence-electron chi connectivity index (χ2n) is 7.64. The Balaban J connectivity index is 1.82. The van der Waals surface area contributed by atoms with Crippen LogP contribution >= 0.6 is 23.2 Å². The summed E-state index contributed by atoms with van der Waals surface area (Å²) in [5.74, 6) is -2.58. The summed E-state index contributed by atoms with van der Waals surface area (Å²) in [6.07, 6.45) is 2.15. The SMILES string of the molecule is CB(O)C1=CCN(C(=O)C(Cl)(Cl)c2cc(C(=O)Nc3ccc(F)c(C)c3)ccc2F)CC1. The molecule has 5 nitrogen and oxygen atoms in total. The van der Waals surface area contributed by atoms with Crippen molar-refractivity contribution < 1.29 is 23.4 Å². The second kappa shape index (κ2) is 9.61. The van der Waals surface area contributed by atoms with Crippen LogP contribution in [-0.2, 0) is 9.13 Å². The molecule has 1 aliphatic heterocycles. The summed E-state index contributed by atoms with van der Waals surface area (Å²) in [5.41, 5.74) is 1.18. The molecule has 10 heteroatoms. The first-order chi connectivity index (χ1) is 15.0. The van der Waals surface area contributed by atoms with Gasteiger partial charge in [0.05, 0.1) is 0 Å². The van der Waals surface area contributed by atoms with Crippen LogP contribution in [0.2, 0.25) is 6.82 Å². The molecule has 0 aliphatic carbocycles. The summed E-state index contributed by atoms with van der Waals surface area (Å²) in [6.45, 7) is 3.01. The topological polar surface area (TPSA) is 69.6 Å². The fourth-order valence-corrected chi connectivity index (χ4v) is 3.92. The van der Waals surface area contributed by atoms with Gasteiger partial charge in [0, 0.05) is 29.9 Å². The van der Waals surface area contributed by atoms with Crippen molar-refractivity contribution in [3.8, 4) is 0 Å². The summed E-state index contributed by atoms with van der Waals surface area (Å²) in [4.78, 5) is 27.0. The maximum atomic E-state index is 14.6. The lowest BCUT2D eigenvalue weighted by Gasteiger charge is -2.32. The predicted molar refractivity (Wildman–Crippen MR) is 122 cm³/mol. The van der Waals surface area contributed by atoms with Crippen LogP contribution in [-0.4, -0.2) is 41.7 Å². The largest absolute Gasteiger partial charge is 0.447 e. The van der Waals surface area contributed by atoms with Gasteiger partial charge >= 0.3 is 6.92 Å². The van der Waals surface area contributed by atoms with Crippen LogP contribution in [0.3, 0.4) is 0 Å². The Morgan fingerprint density at radius 1 is 1.16 bits per heavy atom. The van der Waals surface area contributed by atoms with E-state index in [0.29, 0.717) is 17.7 Å². The van der Waals surface area contributed by atoms with E-state index in [0.717, 1.165) is 17.6 Å². The minimum absolute atomic E-state index is 0.0248. The number of hydrogen-bond donors (Lipinski definition) is 2. The molecule has 0 aromatic heterocycles. The van der Waals surface area contributed by atoms with Crippen LogP contribution in [0.4, 0.5) is 14.5 Å². The van der Waals surface area contributed by atoms with Crippen LogP contribution in [0.1, 0.15) is 27.9 Å². The fraction of sp³-hybridized carbons (Fsp3) is 0.273. The van der Waals surface area contributed by atoms with E-state index >= 15 is 0 Å². The lowest BCUT2D eigenvalue weighted by Crippen LogP contribution is -2.44. The lowest BCUT2D eigenvalue weighted by molar-refractivity contribution is -0.131. The van der Waals surface area contributed by atoms with Crippen molar-refractivity contribution in [1.29, 1.82) is 0 Å². The molecule has 2 amide bonds. The molecule has 1 heterocycles. The van der Waals surface area contributed by atoms with Gasteiger partial charge in [0.25, 0.3) is 11.8 Å². The highest BCUT2D eigenvalue weighted by molar-refractivity contribution is 6.58. The number of carbonyl (C=O) groups is 2. The van der Waals surface area contributed by atoms with E-state index in [2.05, 4.69) is 5.32 Å². The highest BCUT2D eigenvalue weighted by atomic mass is 35.5. The standard InChI is InChI=1S/C22H21BCl2F2N2O3/c1-13-11-16(4-6-18(13)26)28-20(30)14-3-5-19(27)17(12-14)22(24,25)21(31)29-9-7-15(8-10-29)23(2)32/h3-7,11-12,32H,8-10H2,1-2H3,(H,28,30). The molecule has 0 spiro atoms. The minimum Gasteiger partial charge on any atom is -0.447 e. The number of anilines is 1. The molecule has 0 radical (unpaired) electrons. The lowest BCUT2D eigenvalue weighted by atomic mass is 9.61. The average molecular weight is 481 g/mol. The number of benzene rings is 2. The Hall–Kier alpha value is -2.42. The van der Waals surface area contributed by atoms with Gasteiger partial charge in [-0.15, -0.1) is 0 Å². The molecule has 0 saturated carbocycles. The summed E-state index contributed by atoms with van der Waals surface area (Å²) < 4.78 is 25.8. The van der Waals surface area contributed by atoms with Crippen molar-refractivity contribution in [1.82, 2.24) is 4.90 Å². The fourth-order valence-electron chi connectivity index (χ4n) is 3.40. The number of halogens is 4. The van der Waals surface area contributed by atoms with E-state index in [-0.39, 0.29) is 24.2 Å². The normalized spacial score (nSPS) is 14.1.